The van der Waals surface area contributed by atoms with Crippen molar-refractivity contribution >= 4 is 11.7 Å². The fourth-order valence-electron chi connectivity index (χ4n) is 1.69. The fourth-order valence-corrected chi connectivity index (χ4v) is 1.69. The molecule has 0 atom stereocenters. The van der Waals surface area contributed by atoms with Crippen LogP contribution >= 0.6 is 0 Å². The summed E-state index contributed by atoms with van der Waals surface area (Å²) in [4.78, 5) is 10.3. The molecule has 2 rings (SSSR count). The van der Waals surface area contributed by atoms with Crippen molar-refractivity contribution < 1.29 is 14.6 Å². The Kier molecular flexibility index (Phi) is 2.76. The van der Waals surface area contributed by atoms with Gasteiger partial charge in [-0.3, -0.25) is 0 Å². The number of anilines is 1. The number of carbonyl (C=O) groups is 1. The Balaban J connectivity index is 2.10. The van der Waals surface area contributed by atoms with Crippen LogP contribution in [-0.4, -0.2) is 24.2 Å². The molecule has 0 bridgehead atoms. The molecule has 1 aliphatic rings. The smallest absolute Gasteiger partial charge is 0.341 e. The van der Waals surface area contributed by atoms with Crippen molar-refractivity contribution in [1.29, 1.82) is 0 Å². The molecule has 0 saturated carbocycles. The van der Waals surface area contributed by atoms with Crippen molar-refractivity contribution in [1.82, 2.24) is 0 Å². The first-order valence-corrected chi connectivity index (χ1v) is 4.97. The Labute approximate surface area is 87.9 Å². The second kappa shape index (κ2) is 4.21. The van der Waals surface area contributed by atoms with Crippen LogP contribution in [0.2, 0.25) is 0 Å². The van der Waals surface area contributed by atoms with Crippen molar-refractivity contribution in [3.63, 3.8) is 0 Å². The molecule has 0 amide bonds. The van der Waals surface area contributed by atoms with E-state index < -0.39 is 5.97 Å². The number of hydrogen-bond donors (Lipinski definition) is 2. The second-order valence-corrected chi connectivity index (χ2v) is 3.53. The van der Waals surface area contributed by atoms with E-state index >= 15 is 0 Å². The standard InChI is InChI=1S/C11H13NO3/c13-11(14)7-15-9-3-4-10-8(6-9)2-1-5-12-10/h3-4,6,12H,1-2,5,7H2,(H,13,14). The molecular weight excluding hydrogens is 194 g/mol. The van der Waals surface area contributed by atoms with Gasteiger partial charge in [0.1, 0.15) is 5.75 Å². The zero-order chi connectivity index (χ0) is 10.7. The van der Waals surface area contributed by atoms with Crippen molar-refractivity contribution in [2.75, 3.05) is 18.5 Å². The summed E-state index contributed by atoms with van der Waals surface area (Å²) in [7, 11) is 0. The topological polar surface area (TPSA) is 58.6 Å². The Bertz CT molecular complexity index is 376. The lowest BCUT2D eigenvalue weighted by atomic mass is 10.0. The monoisotopic (exact) mass is 207 g/mol. The predicted molar refractivity (Wildman–Crippen MR) is 56.4 cm³/mol. The summed E-state index contributed by atoms with van der Waals surface area (Å²) in [5, 5.41) is 11.8. The third kappa shape index (κ3) is 2.40. The van der Waals surface area contributed by atoms with Crippen molar-refractivity contribution in [3.05, 3.63) is 23.8 Å². The maximum Gasteiger partial charge on any atom is 0.341 e. The molecular formula is C11H13NO3. The van der Waals surface area contributed by atoms with Gasteiger partial charge in [0, 0.05) is 12.2 Å². The van der Waals surface area contributed by atoms with Gasteiger partial charge in [0.25, 0.3) is 0 Å². The van der Waals surface area contributed by atoms with Gasteiger partial charge in [-0.25, -0.2) is 4.79 Å². The van der Waals surface area contributed by atoms with E-state index in [1.165, 1.54) is 5.56 Å². The summed E-state index contributed by atoms with van der Waals surface area (Å²) in [6.07, 6.45) is 2.13. The van der Waals surface area contributed by atoms with Crippen LogP contribution in [0.5, 0.6) is 5.75 Å². The molecule has 4 heteroatoms. The van der Waals surface area contributed by atoms with Gasteiger partial charge in [0.05, 0.1) is 0 Å². The lowest BCUT2D eigenvalue weighted by molar-refractivity contribution is -0.139. The van der Waals surface area contributed by atoms with E-state index in [9.17, 15) is 4.79 Å². The molecule has 4 nitrogen and oxygen atoms in total. The maximum absolute atomic E-state index is 10.3. The molecule has 0 aromatic heterocycles. The minimum Gasteiger partial charge on any atom is -0.482 e. The summed E-state index contributed by atoms with van der Waals surface area (Å²) < 4.78 is 5.11. The molecule has 1 aliphatic heterocycles. The van der Waals surface area contributed by atoms with Crippen molar-refractivity contribution in [2.24, 2.45) is 0 Å². The van der Waals surface area contributed by atoms with Crippen LogP contribution in [-0.2, 0) is 11.2 Å². The van der Waals surface area contributed by atoms with E-state index in [0.29, 0.717) is 5.75 Å². The minimum absolute atomic E-state index is 0.286. The lowest BCUT2D eigenvalue weighted by Gasteiger charge is -2.18. The average Bonchev–Trinajstić information content (AvgIpc) is 2.26. The fraction of sp³-hybridized carbons (Fsp3) is 0.364. The van der Waals surface area contributed by atoms with Gasteiger partial charge in [-0.2, -0.15) is 0 Å². The van der Waals surface area contributed by atoms with E-state index in [1.807, 2.05) is 12.1 Å². The zero-order valence-electron chi connectivity index (χ0n) is 8.32. The molecule has 1 heterocycles. The van der Waals surface area contributed by atoms with Gasteiger partial charge in [-0.15, -0.1) is 0 Å². The van der Waals surface area contributed by atoms with Gasteiger partial charge in [0.2, 0.25) is 0 Å². The van der Waals surface area contributed by atoms with Crippen molar-refractivity contribution in [3.8, 4) is 5.75 Å². The number of hydrogen-bond acceptors (Lipinski definition) is 3. The largest absolute Gasteiger partial charge is 0.482 e. The molecule has 0 radical (unpaired) electrons. The lowest BCUT2D eigenvalue weighted by Crippen LogP contribution is -2.13. The minimum atomic E-state index is -0.953. The first-order chi connectivity index (χ1) is 7.25. The van der Waals surface area contributed by atoms with E-state index in [0.717, 1.165) is 25.1 Å². The Morgan fingerprint density at radius 1 is 1.53 bits per heavy atom. The normalized spacial score (nSPS) is 13.9. The number of fused-ring (bicyclic) bond motifs is 1. The number of aliphatic carboxylic acids is 1. The van der Waals surface area contributed by atoms with E-state index in [1.54, 1.807) is 6.07 Å². The van der Waals surface area contributed by atoms with Gasteiger partial charge < -0.3 is 15.2 Å². The number of nitrogens with one attached hydrogen (secondary N) is 1. The number of rotatable bonds is 3. The third-order valence-electron chi connectivity index (χ3n) is 2.38. The Hall–Kier alpha value is -1.71. The van der Waals surface area contributed by atoms with E-state index in [4.69, 9.17) is 9.84 Å². The molecule has 0 fully saturated rings. The summed E-state index contributed by atoms with van der Waals surface area (Å²) in [6, 6.07) is 5.64. The highest BCUT2D eigenvalue weighted by Crippen LogP contribution is 2.26. The van der Waals surface area contributed by atoms with Gasteiger partial charge >= 0.3 is 5.97 Å². The SMILES string of the molecule is O=C(O)COc1ccc2c(c1)CCCN2. The summed E-state index contributed by atoms with van der Waals surface area (Å²) in [5.74, 6) is -0.328. The second-order valence-electron chi connectivity index (χ2n) is 3.53. The van der Waals surface area contributed by atoms with Crippen molar-refractivity contribution in [2.45, 2.75) is 12.8 Å². The molecule has 1 aromatic carbocycles. The number of ether oxygens (including phenoxy) is 1. The molecule has 0 spiro atoms. The maximum atomic E-state index is 10.3. The number of benzene rings is 1. The average molecular weight is 207 g/mol. The predicted octanol–water partition coefficient (Wildman–Crippen LogP) is 1.51. The Morgan fingerprint density at radius 2 is 2.40 bits per heavy atom. The molecule has 0 aliphatic carbocycles. The van der Waals surface area contributed by atoms with Crippen LogP contribution in [0.4, 0.5) is 5.69 Å². The first kappa shape index (κ1) is 9.83. The zero-order valence-corrected chi connectivity index (χ0v) is 8.32. The summed E-state index contributed by atoms with van der Waals surface area (Å²) in [6.45, 7) is 0.717. The van der Waals surface area contributed by atoms with Crippen LogP contribution < -0.4 is 10.1 Å². The van der Waals surface area contributed by atoms with Crippen LogP contribution in [0.3, 0.4) is 0 Å². The number of carboxylic acids is 1. The van der Waals surface area contributed by atoms with Crippen LogP contribution in [0, 0.1) is 0 Å². The van der Waals surface area contributed by atoms with E-state index in [-0.39, 0.29) is 6.61 Å². The van der Waals surface area contributed by atoms with E-state index in [2.05, 4.69) is 5.32 Å². The molecule has 2 N–H and O–H groups in total. The number of carboxylic acid groups (broad SMARTS) is 1. The first-order valence-electron chi connectivity index (χ1n) is 4.97. The van der Waals surface area contributed by atoms with Crippen LogP contribution in [0.1, 0.15) is 12.0 Å². The summed E-state index contributed by atoms with van der Waals surface area (Å²) in [5.41, 5.74) is 2.33. The third-order valence-corrected chi connectivity index (χ3v) is 2.38. The Morgan fingerprint density at radius 3 is 3.20 bits per heavy atom. The quantitative estimate of drug-likeness (QED) is 0.788. The molecule has 80 valence electrons. The van der Waals surface area contributed by atoms with Gasteiger partial charge in [-0.1, -0.05) is 0 Å². The molecule has 0 unspecified atom stereocenters. The number of aryl methyl sites for hydroxylation is 1. The highest BCUT2D eigenvalue weighted by molar-refractivity contribution is 5.68. The molecule has 1 aromatic rings. The van der Waals surface area contributed by atoms with Crippen LogP contribution in [0.25, 0.3) is 0 Å². The highest BCUT2D eigenvalue weighted by atomic mass is 16.5. The molecule has 0 saturated heterocycles. The highest BCUT2D eigenvalue weighted by Gasteiger charge is 2.09. The van der Waals surface area contributed by atoms with Crippen LogP contribution in [0.15, 0.2) is 18.2 Å². The summed E-state index contributed by atoms with van der Waals surface area (Å²) >= 11 is 0. The van der Waals surface area contributed by atoms with Gasteiger partial charge in [-0.05, 0) is 36.6 Å². The molecule has 15 heavy (non-hydrogen) atoms. The van der Waals surface area contributed by atoms with Gasteiger partial charge in [0.15, 0.2) is 6.61 Å².